The molecule has 0 atom stereocenters. The lowest BCUT2D eigenvalue weighted by Crippen LogP contribution is -2.46. The number of benzene rings is 1. The summed E-state index contributed by atoms with van der Waals surface area (Å²) in [7, 11) is -3.60. The summed E-state index contributed by atoms with van der Waals surface area (Å²) in [5.74, 6) is 0.0527. The first-order valence-corrected chi connectivity index (χ1v) is 11.8. The predicted molar refractivity (Wildman–Crippen MR) is 112 cm³/mol. The van der Waals surface area contributed by atoms with E-state index in [1.165, 1.54) is 28.6 Å². The van der Waals surface area contributed by atoms with Crippen molar-refractivity contribution >= 4 is 15.9 Å². The molecule has 3 heterocycles. The zero-order chi connectivity index (χ0) is 21.1. The molecule has 4 rings (SSSR count). The molecule has 0 radical (unpaired) electrons. The van der Waals surface area contributed by atoms with Gasteiger partial charge in [-0.05, 0) is 62.1 Å². The maximum Gasteiger partial charge on any atom is 0.243 e. The van der Waals surface area contributed by atoms with Crippen LogP contribution in [0.15, 0.2) is 53.7 Å². The summed E-state index contributed by atoms with van der Waals surface area (Å²) in [6.45, 7) is 2.20. The molecule has 0 bridgehead atoms. The molecule has 0 unspecified atom stereocenters. The van der Waals surface area contributed by atoms with Gasteiger partial charge in [-0.3, -0.25) is 4.79 Å². The molecular weight excluding hydrogens is 400 g/mol. The van der Waals surface area contributed by atoms with E-state index in [9.17, 15) is 13.2 Å². The SMILES string of the molecule is N#Cc1ccc(S(=O)(=O)N2CCC(C(=O)N3CCC(n4cccc4)CC3)CC2)cc1. The highest BCUT2D eigenvalue weighted by atomic mass is 32.2. The standard InChI is InChI=1S/C22H26N4O3S/c23-17-18-3-5-21(6-4-18)30(28,29)26-15-7-19(8-16-26)22(27)25-13-9-20(10-14-25)24-11-1-2-12-24/h1-6,11-12,19-20H,7-10,13-16H2. The second kappa shape index (κ2) is 8.62. The van der Waals surface area contributed by atoms with Gasteiger partial charge in [0.1, 0.15) is 0 Å². The van der Waals surface area contributed by atoms with E-state index in [-0.39, 0.29) is 16.7 Å². The van der Waals surface area contributed by atoms with Crippen molar-refractivity contribution < 1.29 is 13.2 Å². The molecular formula is C22H26N4O3S. The van der Waals surface area contributed by atoms with E-state index >= 15 is 0 Å². The Hall–Kier alpha value is -2.63. The number of carbonyl (C=O) groups excluding carboxylic acids is 1. The van der Waals surface area contributed by atoms with Crippen LogP contribution >= 0.6 is 0 Å². The number of amides is 1. The van der Waals surface area contributed by atoms with Gasteiger partial charge in [0.05, 0.1) is 16.5 Å². The van der Waals surface area contributed by atoms with Gasteiger partial charge in [0, 0.05) is 50.5 Å². The second-order valence-corrected chi connectivity index (χ2v) is 9.94. The van der Waals surface area contributed by atoms with E-state index in [2.05, 4.69) is 17.0 Å². The number of likely N-dealkylation sites (tertiary alicyclic amines) is 1. The summed E-state index contributed by atoms with van der Waals surface area (Å²) < 4.78 is 29.4. The van der Waals surface area contributed by atoms with Gasteiger partial charge in [0.2, 0.25) is 15.9 Å². The number of carbonyl (C=O) groups is 1. The van der Waals surface area contributed by atoms with Gasteiger partial charge in [0.25, 0.3) is 0 Å². The lowest BCUT2D eigenvalue weighted by Gasteiger charge is -2.37. The number of hydrogen-bond acceptors (Lipinski definition) is 4. The minimum atomic E-state index is -3.60. The third-order valence-electron chi connectivity index (χ3n) is 6.25. The van der Waals surface area contributed by atoms with Crippen LogP contribution in [0.3, 0.4) is 0 Å². The van der Waals surface area contributed by atoms with Crippen LogP contribution in [0.5, 0.6) is 0 Å². The third kappa shape index (κ3) is 4.13. The molecule has 0 spiro atoms. The van der Waals surface area contributed by atoms with Gasteiger partial charge in [-0.15, -0.1) is 0 Å². The van der Waals surface area contributed by atoms with Crippen molar-refractivity contribution in [2.45, 2.75) is 36.6 Å². The molecule has 30 heavy (non-hydrogen) atoms. The van der Waals surface area contributed by atoms with E-state index in [0.717, 1.165) is 25.9 Å². The van der Waals surface area contributed by atoms with Gasteiger partial charge in [-0.25, -0.2) is 8.42 Å². The number of sulfonamides is 1. The van der Waals surface area contributed by atoms with Crippen molar-refractivity contribution in [2.75, 3.05) is 26.2 Å². The Bertz CT molecular complexity index is 1010. The average Bonchev–Trinajstić information content (AvgIpc) is 3.34. The minimum Gasteiger partial charge on any atom is -0.351 e. The van der Waals surface area contributed by atoms with E-state index in [4.69, 9.17) is 5.26 Å². The molecule has 7 nitrogen and oxygen atoms in total. The topological polar surface area (TPSA) is 86.4 Å². The number of hydrogen-bond donors (Lipinski definition) is 0. The fourth-order valence-electron chi connectivity index (χ4n) is 4.43. The van der Waals surface area contributed by atoms with E-state index < -0.39 is 10.0 Å². The van der Waals surface area contributed by atoms with Crippen LogP contribution < -0.4 is 0 Å². The first-order valence-electron chi connectivity index (χ1n) is 10.4. The van der Waals surface area contributed by atoms with Crippen molar-refractivity contribution in [3.8, 4) is 6.07 Å². The van der Waals surface area contributed by atoms with Gasteiger partial charge in [-0.1, -0.05) is 0 Å². The van der Waals surface area contributed by atoms with Crippen LogP contribution in [0, 0.1) is 17.2 Å². The number of aromatic nitrogens is 1. The molecule has 1 aromatic heterocycles. The molecule has 2 aliphatic rings. The van der Waals surface area contributed by atoms with E-state index in [1.807, 2.05) is 23.1 Å². The summed E-state index contributed by atoms with van der Waals surface area (Å²) in [5.41, 5.74) is 0.429. The van der Waals surface area contributed by atoms with Crippen LogP contribution in [0.25, 0.3) is 0 Å². The lowest BCUT2D eigenvalue weighted by atomic mass is 9.95. The molecule has 2 aromatic rings. The molecule has 2 aliphatic heterocycles. The Morgan fingerprint density at radius 3 is 2.10 bits per heavy atom. The number of rotatable bonds is 4. The molecule has 0 N–H and O–H groups in total. The van der Waals surface area contributed by atoms with Crippen LogP contribution in [-0.4, -0.2) is 54.3 Å². The first kappa shape index (κ1) is 20.6. The Morgan fingerprint density at radius 1 is 0.933 bits per heavy atom. The summed E-state index contributed by atoms with van der Waals surface area (Å²) >= 11 is 0. The number of piperidine rings is 2. The third-order valence-corrected chi connectivity index (χ3v) is 8.16. The van der Waals surface area contributed by atoms with Crippen LogP contribution in [0.4, 0.5) is 0 Å². The van der Waals surface area contributed by atoms with Crippen molar-refractivity contribution in [1.29, 1.82) is 5.26 Å². The molecule has 2 fully saturated rings. The zero-order valence-electron chi connectivity index (χ0n) is 16.9. The molecule has 0 aliphatic carbocycles. The fraction of sp³-hybridized carbons (Fsp3) is 0.455. The normalized spacial score (nSPS) is 19.5. The highest BCUT2D eigenvalue weighted by Crippen LogP contribution is 2.28. The maximum atomic E-state index is 13.0. The summed E-state index contributed by atoms with van der Waals surface area (Å²) in [5, 5.41) is 8.88. The molecule has 2 saturated heterocycles. The maximum absolute atomic E-state index is 13.0. The predicted octanol–water partition coefficient (Wildman–Crippen LogP) is 2.62. The molecule has 158 valence electrons. The van der Waals surface area contributed by atoms with Crippen molar-refractivity contribution in [3.63, 3.8) is 0 Å². The summed E-state index contributed by atoms with van der Waals surface area (Å²) in [4.78, 5) is 15.1. The smallest absolute Gasteiger partial charge is 0.243 e. The van der Waals surface area contributed by atoms with Crippen LogP contribution in [-0.2, 0) is 14.8 Å². The lowest BCUT2D eigenvalue weighted by molar-refractivity contribution is -0.138. The Morgan fingerprint density at radius 2 is 1.53 bits per heavy atom. The Balaban J connectivity index is 1.32. The highest BCUT2D eigenvalue weighted by Gasteiger charge is 2.35. The highest BCUT2D eigenvalue weighted by molar-refractivity contribution is 7.89. The van der Waals surface area contributed by atoms with Crippen LogP contribution in [0.1, 0.15) is 37.3 Å². The largest absolute Gasteiger partial charge is 0.351 e. The van der Waals surface area contributed by atoms with Crippen molar-refractivity contribution in [2.24, 2.45) is 5.92 Å². The summed E-state index contributed by atoms with van der Waals surface area (Å²) in [6.07, 6.45) is 7.15. The monoisotopic (exact) mass is 426 g/mol. The van der Waals surface area contributed by atoms with Gasteiger partial charge < -0.3 is 9.47 Å². The number of nitrogens with zero attached hydrogens (tertiary/aromatic N) is 4. The summed E-state index contributed by atoms with van der Waals surface area (Å²) in [6, 6.07) is 12.5. The second-order valence-electron chi connectivity index (χ2n) is 8.00. The molecule has 8 heteroatoms. The quantitative estimate of drug-likeness (QED) is 0.752. The zero-order valence-corrected chi connectivity index (χ0v) is 17.7. The van der Waals surface area contributed by atoms with Crippen molar-refractivity contribution in [1.82, 2.24) is 13.8 Å². The van der Waals surface area contributed by atoms with E-state index in [1.54, 1.807) is 0 Å². The Kier molecular flexibility index (Phi) is 5.93. The molecule has 1 aromatic carbocycles. The van der Waals surface area contributed by atoms with Crippen LogP contribution in [0.2, 0.25) is 0 Å². The fourth-order valence-corrected chi connectivity index (χ4v) is 5.90. The average molecular weight is 427 g/mol. The van der Waals surface area contributed by atoms with Gasteiger partial charge in [-0.2, -0.15) is 9.57 Å². The van der Waals surface area contributed by atoms with Gasteiger partial charge in [0.15, 0.2) is 0 Å². The van der Waals surface area contributed by atoms with Gasteiger partial charge >= 0.3 is 0 Å². The minimum absolute atomic E-state index is 0.111. The molecule has 1 amide bonds. The van der Waals surface area contributed by atoms with Crippen molar-refractivity contribution in [3.05, 3.63) is 54.4 Å². The number of nitriles is 1. The Labute approximate surface area is 177 Å². The van der Waals surface area contributed by atoms with E-state index in [0.29, 0.717) is 37.5 Å². The first-order chi connectivity index (χ1) is 14.5. The molecule has 0 saturated carbocycles.